The van der Waals surface area contributed by atoms with E-state index in [9.17, 15) is 5.11 Å². The van der Waals surface area contributed by atoms with Crippen molar-refractivity contribution >= 4 is 0 Å². The van der Waals surface area contributed by atoms with Gasteiger partial charge in [-0.05, 0) is 31.0 Å². The highest BCUT2D eigenvalue weighted by atomic mass is 16.3. The molecule has 2 aromatic rings. The van der Waals surface area contributed by atoms with Gasteiger partial charge in [-0.25, -0.2) is 9.97 Å². The molecule has 0 aliphatic heterocycles. The molecule has 0 radical (unpaired) electrons. The summed E-state index contributed by atoms with van der Waals surface area (Å²) in [5, 5.41) is 9.52. The number of H-pyrrole nitrogens is 1. The predicted octanol–water partition coefficient (Wildman–Crippen LogP) is 1.89. The highest BCUT2D eigenvalue weighted by molar-refractivity contribution is 5.53. The monoisotopic (exact) mass is 229 g/mol. The van der Waals surface area contributed by atoms with Gasteiger partial charge >= 0.3 is 0 Å². The van der Waals surface area contributed by atoms with Gasteiger partial charge in [0.1, 0.15) is 5.82 Å². The largest absolute Gasteiger partial charge is 0.395 e. The SMILES string of the molecule is OCC1(c2nccc(-c3ccc[nH]3)n2)CCC1. The second kappa shape index (κ2) is 3.96. The number of hydrogen-bond acceptors (Lipinski definition) is 3. The number of aliphatic hydroxyl groups excluding tert-OH is 1. The lowest BCUT2D eigenvalue weighted by molar-refractivity contribution is 0.112. The maximum Gasteiger partial charge on any atom is 0.137 e. The molecule has 2 aromatic heterocycles. The molecule has 1 aliphatic carbocycles. The summed E-state index contributed by atoms with van der Waals surface area (Å²) in [7, 11) is 0. The molecule has 3 rings (SSSR count). The van der Waals surface area contributed by atoms with Crippen molar-refractivity contribution in [1.29, 1.82) is 0 Å². The fraction of sp³-hybridized carbons (Fsp3) is 0.385. The smallest absolute Gasteiger partial charge is 0.137 e. The Morgan fingerprint density at radius 1 is 1.35 bits per heavy atom. The molecule has 88 valence electrons. The molecule has 0 amide bonds. The third-order valence-corrected chi connectivity index (χ3v) is 3.62. The summed E-state index contributed by atoms with van der Waals surface area (Å²) >= 11 is 0. The van der Waals surface area contributed by atoms with Crippen molar-refractivity contribution < 1.29 is 5.11 Å². The van der Waals surface area contributed by atoms with Crippen LogP contribution in [0.5, 0.6) is 0 Å². The van der Waals surface area contributed by atoms with Gasteiger partial charge in [0.25, 0.3) is 0 Å². The Bertz CT molecular complexity index is 498. The Labute approximate surface area is 99.8 Å². The first-order chi connectivity index (χ1) is 8.34. The van der Waals surface area contributed by atoms with E-state index in [1.54, 1.807) is 6.20 Å². The molecule has 1 saturated carbocycles. The first-order valence-corrected chi connectivity index (χ1v) is 5.92. The van der Waals surface area contributed by atoms with E-state index in [0.717, 1.165) is 36.5 Å². The summed E-state index contributed by atoms with van der Waals surface area (Å²) < 4.78 is 0. The molecular weight excluding hydrogens is 214 g/mol. The van der Waals surface area contributed by atoms with E-state index >= 15 is 0 Å². The van der Waals surface area contributed by atoms with Crippen LogP contribution in [0.4, 0.5) is 0 Å². The van der Waals surface area contributed by atoms with Crippen molar-refractivity contribution in [2.45, 2.75) is 24.7 Å². The fourth-order valence-electron chi connectivity index (χ4n) is 2.31. The quantitative estimate of drug-likeness (QED) is 0.844. The lowest BCUT2D eigenvalue weighted by Crippen LogP contribution is -2.39. The standard InChI is InChI=1S/C13H15N3O/c17-9-13(5-2-6-13)12-15-8-4-11(16-12)10-3-1-7-14-10/h1,3-4,7-8,14,17H,2,5-6,9H2. The third-order valence-electron chi connectivity index (χ3n) is 3.62. The number of rotatable bonds is 3. The van der Waals surface area contributed by atoms with Crippen LogP contribution >= 0.6 is 0 Å². The normalized spacial score (nSPS) is 17.7. The molecule has 0 bridgehead atoms. The second-order valence-corrected chi connectivity index (χ2v) is 4.64. The minimum atomic E-state index is -0.192. The first kappa shape index (κ1) is 10.5. The Hall–Kier alpha value is -1.68. The molecule has 1 fully saturated rings. The lowest BCUT2D eigenvalue weighted by atomic mass is 9.68. The number of aromatic amines is 1. The summed E-state index contributed by atoms with van der Waals surface area (Å²) in [4.78, 5) is 12.0. The van der Waals surface area contributed by atoms with E-state index in [4.69, 9.17) is 0 Å². The summed E-state index contributed by atoms with van der Waals surface area (Å²) in [6.07, 6.45) is 6.77. The number of nitrogens with one attached hydrogen (secondary N) is 1. The Morgan fingerprint density at radius 2 is 2.24 bits per heavy atom. The van der Waals surface area contributed by atoms with Crippen LogP contribution in [0, 0.1) is 0 Å². The lowest BCUT2D eigenvalue weighted by Gasteiger charge is -2.38. The van der Waals surface area contributed by atoms with Gasteiger partial charge in [0.2, 0.25) is 0 Å². The van der Waals surface area contributed by atoms with Crippen molar-refractivity contribution in [2.75, 3.05) is 6.61 Å². The third kappa shape index (κ3) is 1.65. The van der Waals surface area contributed by atoms with Crippen molar-refractivity contribution in [2.24, 2.45) is 0 Å². The van der Waals surface area contributed by atoms with Gasteiger partial charge in [-0.3, -0.25) is 0 Å². The molecule has 0 atom stereocenters. The van der Waals surface area contributed by atoms with Crippen molar-refractivity contribution in [3.8, 4) is 11.4 Å². The number of aliphatic hydroxyl groups is 1. The Balaban J connectivity index is 1.99. The maximum absolute atomic E-state index is 9.52. The average molecular weight is 229 g/mol. The van der Waals surface area contributed by atoms with E-state index in [0.29, 0.717) is 0 Å². The van der Waals surface area contributed by atoms with Crippen molar-refractivity contribution in [1.82, 2.24) is 15.0 Å². The van der Waals surface area contributed by atoms with Crippen LogP contribution in [0.2, 0.25) is 0 Å². The van der Waals surface area contributed by atoms with Gasteiger partial charge in [0.15, 0.2) is 0 Å². The Morgan fingerprint density at radius 3 is 2.82 bits per heavy atom. The van der Waals surface area contributed by atoms with E-state index < -0.39 is 0 Å². The van der Waals surface area contributed by atoms with Crippen LogP contribution in [0.25, 0.3) is 11.4 Å². The molecule has 0 unspecified atom stereocenters. The van der Waals surface area contributed by atoms with Crippen LogP contribution in [-0.2, 0) is 5.41 Å². The average Bonchev–Trinajstić information content (AvgIpc) is 2.82. The van der Waals surface area contributed by atoms with Gasteiger partial charge < -0.3 is 10.1 Å². The van der Waals surface area contributed by atoms with E-state index in [2.05, 4.69) is 15.0 Å². The van der Waals surface area contributed by atoms with Gasteiger partial charge in [-0.1, -0.05) is 6.42 Å². The molecule has 17 heavy (non-hydrogen) atoms. The summed E-state index contributed by atoms with van der Waals surface area (Å²) in [5.74, 6) is 0.776. The number of nitrogens with zero attached hydrogens (tertiary/aromatic N) is 2. The number of hydrogen-bond donors (Lipinski definition) is 2. The van der Waals surface area contributed by atoms with Crippen LogP contribution in [0.15, 0.2) is 30.6 Å². The second-order valence-electron chi connectivity index (χ2n) is 4.64. The zero-order chi connectivity index (χ0) is 11.7. The molecule has 2 N–H and O–H groups in total. The van der Waals surface area contributed by atoms with Gasteiger partial charge in [0, 0.05) is 12.4 Å². The molecular formula is C13H15N3O. The minimum Gasteiger partial charge on any atom is -0.395 e. The van der Waals surface area contributed by atoms with E-state index in [1.165, 1.54) is 0 Å². The minimum absolute atomic E-state index is 0.140. The molecule has 2 heterocycles. The molecule has 0 spiro atoms. The highest BCUT2D eigenvalue weighted by Crippen LogP contribution is 2.41. The summed E-state index contributed by atoms with van der Waals surface area (Å²) in [6, 6.07) is 5.82. The zero-order valence-electron chi connectivity index (χ0n) is 9.56. The Kier molecular flexibility index (Phi) is 2.44. The van der Waals surface area contributed by atoms with Crippen LogP contribution in [0.3, 0.4) is 0 Å². The highest BCUT2D eigenvalue weighted by Gasteiger charge is 2.40. The fourth-order valence-corrected chi connectivity index (χ4v) is 2.31. The van der Waals surface area contributed by atoms with Gasteiger partial charge in [-0.2, -0.15) is 0 Å². The maximum atomic E-state index is 9.52. The zero-order valence-corrected chi connectivity index (χ0v) is 9.56. The van der Waals surface area contributed by atoms with Gasteiger partial charge in [-0.15, -0.1) is 0 Å². The summed E-state index contributed by atoms with van der Waals surface area (Å²) in [6.45, 7) is 0.140. The molecule has 4 heteroatoms. The van der Waals surface area contributed by atoms with Crippen LogP contribution < -0.4 is 0 Å². The van der Waals surface area contributed by atoms with E-state index in [-0.39, 0.29) is 12.0 Å². The van der Waals surface area contributed by atoms with Crippen molar-refractivity contribution in [3.63, 3.8) is 0 Å². The van der Waals surface area contributed by atoms with Gasteiger partial charge in [0.05, 0.1) is 23.4 Å². The topological polar surface area (TPSA) is 61.8 Å². The molecule has 0 aromatic carbocycles. The molecule has 0 saturated heterocycles. The van der Waals surface area contributed by atoms with Crippen molar-refractivity contribution in [3.05, 3.63) is 36.4 Å². The van der Waals surface area contributed by atoms with Crippen LogP contribution in [-0.4, -0.2) is 26.7 Å². The predicted molar refractivity (Wildman–Crippen MR) is 64.4 cm³/mol. The summed E-state index contributed by atoms with van der Waals surface area (Å²) in [5.41, 5.74) is 1.68. The number of aromatic nitrogens is 3. The molecule has 4 nitrogen and oxygen atoms in total. The van der Waals surface area contributed by atoms with E-state index in [1.807, 2.05) is 24.4 Å². The van der Waals surface area contributed by atoms with Crippen LogP contribution in [0.1, 0.15) is 25.1 Å². The first-order valence-electron chi connectivity index (χ1n) is 5.92. The molecule has 1 aliphatic rings.